The first-order valence-corrected chi connectivity index (χ1v) is 6.61. The number of amidine groups is 1. The third-order valence-corrected chi connectivity index (χ3v) is 3.49. The number of ether oxygens (including phenoxy) is 1. The molecule has 2 rings (SSSR count). The van der Waals surface area contributed by atoms with Crippen LogP contribution < -0.4 is 10.6 Å². The molecular weight excluding hydrogens is 240 g/mol. The zero-order valence-electron chi connectivity index (χ0n) is 12.0. The van der Waals surface area contributed by atoms with Crippen molar-refractivity contribution in [3.8, 4) is 0 Å². The van der Waals surface area contributed by atoms with Gasteiger partial charge in [-0.25, -0.2) is 0 Å². The largest absolute Gasteiger partial charge is 0.384 e. The molecule has 0 aliphatic carbocycles. The minimum atomic E-state index is 0.0753. The predicted molar refractivity (Wildman–Crippen MR) is 76.9 cm³/mol. The summed E-state index contributed by atoms with van der Waals surface area (Å²) in [5.74, 6) is 0.0753. The number of nitrogen functional groups attached to an aromatic ring is 1. The lowest BCUT2D eigenvalue weighted by Crippen LogP contribution is -2.48. The summed E-state index contributed by atoms with van der Waals surface area (Å²) < 4.78 is 5.66. The Hall–Kier alpha value is -1.62. The van der Waals surface area contributed by atoms with Gasteiger partial charge in [-0.2, -0.15) is 0 Å². The quantitative estimate of drug-likeness (QED) is 0.627. The fraction of sp³-hybridized carbons (Fsp3) is 0.571. The molecular formula is C14H22N4O. The molecule has 0 aromatic carbocycles. The van der Waals surface area contributed by atoms with E-state index < -0.39 is 0 Å². The first-order valence-electron chi connectivity index (χ1n) is 6.61. The predicted octanol–water partition coefficient (Wildman–Crippen LogP) is 1.60. The highest BCUT2D eigenvalue weighted by molar-refractivity contribution is 6.01. The molecule has 1 fully saturated rings. The van der Waals surface area contributed by atoms with Crippen LogP contribution in [0.4, 0.5) is 5.69 Å². The lowest BCUT2D eigenvalue weighted by molar-refractivity contribution is 0.0343. The molecule has 104 valence electrons. The lowest BCUT2D eigenvalue weighted by atomic mass is 10.1. The first-order chi connectivity index (χ1) is 8.90. The molecule has 0 bridgehead atoms. The third kappa shape index (κ3) is 2.71. The van der Waals surface area contributed by atoms with Crippen LogP contribution in [0.2, 0.25) is 0 Å². The number of pyridine rings is 1. The van der Waals surface area contributed by atoms with E-state index in [-0.39, 0.29) is 18.0 Å². The van der Waals surface area contributed by atoms with Gasteiger partial charge < -0.3 is 15.4 Å². The van der Waals surface area contributed by atoms with Crippen molar-refractivity contribution in [2.45, 2.75) is 39.8 Å². The minimum Gasteiger partial charge on any atom is -0.384 e. The van der Waals surface area contributed by atoms with Gasteiger partial charge in [0, 0.05) is 18.3 Å². The number of nitrogens with one attached hydrogen (secondary N) is 1. The van der Waals surface area contributed by atoms with E-state index in [9.17, 15) is 0 Å². The second-order valence-corrected chi connectivity index (χ2v) is 5.30. The topological polar surface area (TPSA) is 75.2 Å². The van der Waals surface area contributed by atoms with Gasteiger partial charge in [0.2, 0.25) is 0 Å². The number of rotatable bonds is 2. The van der Waals surface area contributed by atoms with Gasteiger partial charge in [-0.3, -0.25) is 10.4 Å². The molecule has 0 saturated carbocycles. The average Bonchev–Trinajstić information content (AvgIpc) is 2.30. The molecule has 0 spiro atoms. The molecule has 1 aromatic heterocycles. The fourth-order valence-corrected chi connectivity index (χ4v) is 2.61. The van der Waals surface area contributed by atoms with Crippen LogP contribution in [-0.4, -0.2) is 36.1 Å². The van der Waals surface area contributed by atoms with Gasteiger partial charge in [0.25, 0.3) is 0 Å². The van der Waals surface area contributed by atoms with Crippen LogP contribution in [0.15, 0.2) is 6.07 Å². The number of hydrogen-bond donors (Lipinski definition) is 2. The Labute approximate surface area is 114 Å². The van der Waals surface area contributed by atoms with Gasteiger partial charge in [-0.05, 0) is 33.8 Å². The normalized spacial score (nSPS) is 23.5. The van der Waals surface area contributed by atoms with Crippen molar-refractivity contribution in [1.82, 2.24) is 4.98 Å². The maximum Gasteiger partial charge on any atom is 0.126 e. The number of aromatic nitrogens is 1. The van der Waals surface area contributed by atoms with E-state index in [0.29, 0.717) is 6.61 Å². The minimum absolute atomic E-state index is 0.0753. The van der Waals surface area contributed by atoms with Gasteiger partial charge >= 0.3 is 0 Å². The van der Waals surface area contributed by atoms with E-state index in [2.05, 4.69) is 23.7 Å². The highest BCUT2D eigenvalue weighted by atomic mass is 16.5. The van der Waals surface area contributed by atoms with Crippen molar-refractivity contribution in [3.05, 3.63) is 23.0 Å². The standard InChI is InChI=1S/C14H22N4O/c1-8-5-12(13(14(15)16)11(4)17-8)18-6-10(3)19-7-9(18)2/h5,9-10H,6-7H2,1-4H3,(H3,15,16). The van der Waals surface area contributed by atoms with E-state index in [4.69, 9.17) is 15.9 Å². The molecule has 1 aromatic rings. The highest BCUT2D eigenvalue weighted by Crippen LogP contribution is 2.28. The summed E-state index contributed by atoms with van der Waals surface area (Å²) in [5.41, 5.74) is 9.24. The Balaban J connectivity index is 2.50. The SMILES string of the molecule is Cc1cc(N2CC(C)OCC2C)c(C(=N)N)c(C)n1. The van der Waals surface area contributed by atoms with Gasteiger partial charge in [-0.15, -0.1) is 0 Å². The molecule has 5 heteroatoms. The fourth-order valence-electron chi connectivity index (χ4n) is 2.61. The Morgan fingerprint density at radius 3 is 2.79 bits per heavy atom. The number of morpholine rings is 1. The molecule has 3 N–H and O–H groups in total. The summed E-state index contributed by atoms with van der Waals surface area (Å²) in [6.45, 7) is 9.56. The van der Waals surface area contributed by atoms with E-state index in [0.717, 1.165) is 29.2 Å². The molecule has 2 atom stereocenters. The zero-order valence-corrected chi connectivity index (χ0v) is 12.0. The van der Waals surface area contributed by atoms with Crippen LogP contribution in [0.1, 0.15) is 30.8 Å². The van der Waals surface area contributed by atoms with Crippen LogP contribution in [0, 0.1) is 19.3 Å². The summed E-state index contributed by atoms with van der Waals surface area (Å²) in [7, 11) is 0. The molecule has 19 heavy (non-hydrogen) atoms. The lowest BCUT2D eigenvalue weighted by Gasteiger charge is -2.39. The molecule has 0 radical (unpaired) electrons. The number of nitrogens with zero attached hydrogens (tertiary/aromatic N) is 2. The second-order valence-electron chi connectivity index (χ2n) is 5.30. The van der Waals surface area contributed by atoms with Gasteiger partial charge in [0.15, 0.2) is 0 Å². The van der Waals surface area contributed by atoms with Crippen LogP contribution in [0.3, 0.4) is 0 Å². The molecule has 0 amide bonds. The Bertz CT molecular complexity index is 500. The van der Waals surface area contributed by atoms with Crippen LogP contribution in [-0.2, 0) is 4.74 Å². The van der Waals surface area contributed by atoms with Crippen molar-refractivity contribution in [1.29, 1.82) is 5.41 Å². The molecule has 1 aliphatic heterocycles. The summed E-state index contributed by atoms with van der Waals surface area (Å²) >= 11 is 0. The van der Waals surface area contributed by atoms with Crippen molar-refractivity contribution in [3.63, 3.8) is 0 Å². The molecule has 2 heterocycles. The molecule has 5 nitrogen and oxygen atoms in total. The monoisotopic (exact) mass is 262 g/mol. The first kappa shape index (κ1) is 13.8. The van der Waals surface area contributed by atoms with Crippen molar-refractivity contribution >= 4 is 11.5 Å². The maximum absolute atomic E-state index is 7.80. The number of hydrogen-bond acceptors (Lipinski definition) is 4. The van der Waals surface area contributed by atoms with Gasteiger partial charge in [0.05, 0.1) is 29.7 Å². The Morgan fingerprint density at radius 2 is 2.16 bits per heavy atom. The number of aryl methyl sites for hydroxylation is 2. The Morgan fingerprint density at radius 1 is 1.47 bits per heavy atom. The number of anilines is 1. The van der Waals surface area contributed by atoms with E-state index in [1.54, 1.807) is 0 Å². The third-order valence-electron chi connectivity index (χ3n) is 3.49. The van der Waals surface area contributed by atoms with Gasteiger partial charge in [0.1, 0.15) is 5.84 Å². The molecule has 1 saturated heterocycles. The van der Waals surface area contributed by atoms with E-state index >= 15 is 0 Å². The molecule has 2 unspecified atom stereocenters. The highest BCUT2D eigenvalue weighted by Gasteiger charge is 2.27. The maximum atomic E-state index is 7.80. The van der Waals surface area contributed by atoms with Crippen LogP contribution in [0.5, 0.6) is 0 Å². The van der Waals surface area contributed by atoms with Crippen molar-refractivity contribution in [2.75, 3.05) is 18.1 Å². The van der Waals surface area contributed by atoms with Gasteiger partial charge in [-0.1, -0.05) is 0 Å². The van der Waals surface area contributed by atoms with Crippen LogP contribution in [0.25, 0.3) is 0 Å². The second kappa shape index (κ2) is 5.17. The van der Waals surface area contributed by atoms with Crippen molar-refractivity contribution < 1.29 is 4.74 Å². The average molecular weight is 262 g/mol. The zero-order chi connectivity index (χ0) is 14.2. The van der Waals surface area contributed by atoms with Crippen LogP contribution >= 0.6 is 0 Å². The molecule has 1 aliphatic rings. The summed E-state index contributed by atoms with van der Waals surface area (Å²) in [6.07, 6.45) is 0.185. The van der Waals surface area contributed by atoms with E-state index in [1.807, 2.05) is 19.9 Å². The summed E-state index contributed by atoms with van der Waals surface area (Å²) in [4.78, 5) is 6.69. The Kier molecular flexibility index (Phi) is 3.75. The summed E-state index contributed by atoms with van der Waals surface area (Å²) in [6, 6.07) is 2.29. The number of nitrogens with two attached hydrogens (primary N) is 1. The van der Waals surface area contributed by atoms with Crippen molar-refractivity contribution in [2.24, 2.45) is 5.73 Å². The smallest absolute Gasteiger partial charge is 0.126 e. The summed E-state index contributed by atoms with van der Waals surface area (Å²) in [5, 5.41) is 7.80. The van der Waals surface area contributed by atoms with E-state index in [1.165, 1.54) is 0 Å².